The molecule has 0 radical (unpaired) electrons. The third-order valence-corrected chi connectivity index (χ3v) is 1.99. The lowest BCUT2D eigenvalue weighted by molar-refractivity contribution is -0.0757. The van der Waals surface area contributed by atoms with Gasteiger partial charge in [0.2, 0.25) is 0 Å². The molecule has 0 bridgehead atoms. The highest BCUT2D eigenvalue weighted by Crippen LogP contribution is 2.04. The summed E-state index contributed by atoms with van der Waals surface area (Å²) >= 11 is 0. The highest BCUT2D eigenvalue weighted by molar-refractivity contribution is 5.92. The van der Waals surface area contributed by atoms with E-state index in [2.05, 4.69) is 4.98 Å². The minimum Gasteiger partial charge on any atom is -0.274 e. The molecule has 0 saturated heterocycles. The number of nitrogens with zero attached hydrogens (tertiary/aromatic N) is 2. The molecule has 0 aliphatic rings. The number of rotatable bonds is 3. The van der Waals surface area contributed by atoms with E-state index >= 15 is 0 Å². The summed E-state index contributed by atoms with van der Waals surface area (Å²) in [5.41, 5.74) is 1.51. The molecule has 1 amide bonds. The van der Waals surface area contributed by atoms with Crippen molar-refractivity contribution in [2.24, 2.45) is 0 Å². The first-order chi connectivity index (χ1) is 6.69. The van der Waals surface area contributed by atoms with E-state index in [0.29, 0.717) is 5.56 Å². The first-order valence-electron chi connectivity index (χ1n) is 4.46. The van der Waals surface area contributed by atoms with Gasteiger partial charge in [0, 0.05) is 18.9 Å². The van der Waals surface area contributed by atoms with E-state index in [0.717, 1.165) is 12.1 Å². The van der Waals surface area contributed by atoms with Gasteiger partial charge in [-0.05, 0) is 18.6 Å². The summed E-state index contributed by atoms with van der Waals surface area (Å²) in [4.78, 5) is 20.4. The molecule has 0 spiro atoms. The lowest BCUT2D eigenvalue weighted by atomic mass is 10.2. The summed E-state index contributed by atoms with van der Waals surface area (Å²) in [7, 11) is 3.02. The van der Waals surface area contributed by atoms with Crippen LogP contribution in [0.1, 0.15) is 23.0 Å². The number of hydrogen-bond acceptors (Lipinski definition) is 3. The van der Waals surface area contributed by atoms with E-state index in [-0.39, 0.29) is 5.91 Å². The topological polar surface area (TPSA) is 42.4 Å². The van der Waals surface area contributed by atoms with Gasteiger partial charge in [-0.25, -0.2) is 5.06 Å². The minimum absolute atomic E-state index is 0.192. The Labute approximate surface area is 83.5 Å². The Bertz CT molecular complexity index is 308. The second-order valence-corrected chi connectivity index (χ2v) is 2.88. The van der Waals surface area contributed by atoms with Gasteiger partial charge in [-0.15, -0.1) is 0 Å². The molecule has 0 N–H and O–H groups in total. The van der Waals surface area contributed by atoms with Crippen LogP contribution >= 0.6 is 0 Å². The van der Waals surface area contributed by atoms with Gasteiger partial charge in [-0.3, -0.25) is 14.6 Å². The number of aryl methyl sites for hydroxylation is 1. The summed E-state index contributed by atoms with van der Waals surface area (Å²) < 4.78 is 0. The molecule has 1 heterocycles. The SMILES string of the molecule is CCc1ccc(C(=O)N(C)OC)cn1. The van der Waals surface area contributed by atoms with Crippen molar-refractivity contribution in [2.75, 3.05) is 14.2 Å². The van der Waals surface area contributed by atoms with Gasteiger partial charge in [-0.1, -0.05) is 6.92 Å². The number of pyridine rings is 1. The van der Waals surface area contributed by atoms with Gasteiger partial charge in [0.1, 0.15) is 0 Å². The van der Waals surface area contributed by atoms with E-state index < -0.39 is 0 Å². The summed E-state index contributed by atoms with van der Waals surface area (Å²) in [5.74, 6) is -0.192. The maximum atomic E-state index is 11.5. The Balaban J connectivity index is 2.81. The van der Waals surface area contributed by atoms with E-state index in [1.165, 1.54) is 12.2 Å². The van der Waals surface area contributed by atoms with Crippen molar-refractivity contribution in [3.8, 4) is 0 Å². The lowest BCUT2D eigenvalue weighted by Crippen LogP contribution is -2.25. The first kappa shape index (κ1) is 10.7. The zero-order chi connectivity index (χ0) is 10.6. The highest BCUT2D eigenvalue weighted by Gasteiger charge is 2.10. The van der Waals surface area contributed by atoms with Crippen LogP contribution in [0, 0.1) is 0 Å². The molecular weight excluding hydrogens is 180 g/mol. The zero-order valence-corrected chi connectivity index (χ0v) is 8.65. The van der Waals surface area contributed by atoms with Crippen LogP contribution < -0.4 is 0 Å². The molecule has 0 aliphatic carbocycles. The molecule has 0 unspecified atom stereocenters. The number of hydrogen-bond donors (Lipinski definition) is 0. The fourth-order valence-corrected chi connectivity index (χ4v) is 1.02. The Morgan fingerprint density at radius 3 is 2.71 bits per heavy atom. The average Bonchev–Trinajstić information content (AvgIpc) is 2.27. The molecule has 76 valence electrons. The normalized spacial score (nSPS) is 9.93. The molecule has 14 heavy (non-hydrogen) atoms. The lowest BCUT2D eigenvalue weighted by Gasteiger charge is -2.13. The van der Waals surface area contributed by atoms with Crippen molar-refractivity contribution < 1.29 is 9.63 Å². The van der Waals surface area contributed by atoms with E-state index in [1.54, 1.807) is 19.3 Å². The summed E-state index contributed by atoms with van der Waals surface area (Å²) in [6.45, 7) is 2.02. The smallest absolute Gasteiger partial charge is 0.274 e. The quantitative estimate of drug-likeness (QED) is 0.681. The molecule has 0 atom stereocenters. The van der Waals surface area contributed by atoms with Gasteiger partial charge < -0.3 is 0 Å². The highest BCUT2D eigenvalue weighted by atomic mass is 16.7. The van der Waals surface area contributed by atoms with E-state index in [4.69, 9.17) is 4.84 Å². The average molecular weight is 194 g/mol. The van der Waals surface area contributed by atoms with Gasteiger partial charge in [0.25, 0.3) is 5.91 Å². The van der Waals surface area contributed by atoms with Crippen LogP contribution in [0.15, 0.2) is 18.3 Å². The number of carbonyl (C=O) groups is 1. The van der Waals surface area contributed by atoms with Crippen molar-refractivity contribution in [1.82, 2.24) is 10.0 Å². The number of aromatic nitrogens is 1. The monoisotopic (exact) mass is 194 g/mol. The predicted octanol–water partition coefficient (Wildman–Crippen LogP) is 1.28. The first-order valence-corrected chi connectivity index (χ1v) is 4.46. The van der Waals surface area contributed by atoms with Crippen LogP contribution in [-0.2, 0) is 11.3 Å². The molecule has 1 aromatic heterocycles. The van der Waals surface area contributed by atoms with Crippen LogP contribution in [-0.4, -0.2) is 30.1 Å². The molecule has 0 aliphatic heterocycles. The van der Waals surface area contributed by atoms with Gasteiger partial charge in [0.05, 0.1) is 12.7 Å². The van der Waals surface area contributed by atoms with Gasteiger partial charge >= 0.3 is 0 Å². The Hall–Kier alpha value is -1.42. The second-order valence-electron chi connectivity index (χ2n) is 2.88. The van der Waals surface area contributed by atoms with Crippen molar-refractivity contribution in [3.05, 3.63) is 29.6 Å². The molecule has 0 fully saturated rings. The van der Waals surface area contributed by atoms with Crippen molar-refractivity contribution in [1.29, 1.82) is 0 Å². The van der Waals surface area contributed by atoms with E-state index in [9.17, 15) is 4.79 Å². The largest absolute Gasteiger partial charge is 0.278 e. The Kier molecular flexibility index (Phi) is 3.59. The number of hydroxylamine groups is 2. The third kappa shape index (κ3) is 2.29. The minimum atomic E-state index is -0.192. The van der Waals surface area contributed by atoms with Crippen LogP contribution in [0.25, 0.3) is 0 Å². The number of amides is 1. The summed E-state index contributed by atoms with van der Waals surface area (Å²) in [6, 6.07) is 3.60. The van der Waals surface area contributed by atoms with Gasteiger partial charge in [0.15, 0.2) is 0 Å². The van der Waals surface area contributed by atoms with Crippen molar-refractivity contribution >= 4 is 5.91 Å². The van der Waals surface area contributed by atoms with Crippen LogP contribution in [0.2, 0.25) is 0 Å². The van der Waals surface area contributed by atoms with Crippen molar-refractivity contribution in [2.45, 2.75) is 13.3 Å². The number of carbonyl (C=O) groups excluding carboxylic acids is 1. The molecular formula is C10H14N2O2. The fraction of sp³-hybridized carbons (Fsp3) is 0.400. The molecule has 0 aromatic carbocycles. The third-order valence-electron chi connectivity index (χ3n) is 1.99. The Morgan fingerprint density at radius 2 is 2.29 bits per heavy atom. The zero-order valence-electron chi connectivity index (χ0n) is 8.65. The molecule has 4 nitrogen and oxygen atoms in total. The van der Waals surface area contributed by atoms with Crippen LogP contribution in [0.3, 0.4) is 0 Å². The maximum Gasteiger partial charge on any atom is 0.278 e. The van der Waals surface area contributed by atoms with E-state index in [1.807, 2.05) is 13.0 Å². The molecule has 0 saturated carbocycles. The van der Waals surface area contributed by atoms with Crippen LogP contribution in [0.5, 0.6) is 0 Å². The predicted molar refractivity (Wildman–Crippen MR) is 52.7 cm³/mol. The van der Waals surface area contributed by atoms with Crippen molar-refractivity contribution in [3.63, 3.8) is 0 Å². The van der Waals surface area contributed by atoms with Crippen LogP contribution in [0.4, 0.5) is 0 Å². The molecule has 1 aromatic rings. The fourth-order valence-electron chi connectivity index (χ4n) is 1.02. The van der Waals surface area contributed by atoms with Gasteiger partial charge in [-0.2, -0.15) is 0 Å². The summed E-state index contributed by atoms with van der Waals surface area (Å²) in [6.07, 6.45) is 2.44. The second kappa shape index (κ2) is 4.72. The molecule has 4 heteroatoms. The standard InChI is InChI=1S/C10H14N2O2/c1-4-9-6-5-8(7-11-9)10(13)12(2)14-3/h5-7H,4H2,1-3H3. The maximum absolute atomic E-state index is 11.5. The Morgan fingerprint density at radius 1 is 1.57 bits per heavy atom. The summed E-state index contributed by atoms with van der Waals surface area (Å²) in [5, 5.41) is 1.17. The molecule has 1 rings (SSSR count).